The van der Waals surface area contributed by atoms with Crippen LogP contribution in [0.25, 0.3) is 0 Å². The van der Waals surface area contributed by atoms with Gasteiger partial charge in [-0.05, 0) is 51.2 Å². The molecule has 0 N–H and O–H groups in total. The van der Waals surface area contributed by atoms with Crippen LogP contribution in [0.5, 0.6) is 0 Å². The summed E-state index contributed by atoms with van der Waals surface area (Å²) in [6.07, 6.45) is 3.91. The van der Waals surface area contributed by atoms with Crippen molar-refractivity contribution in [1.29, 1.82) is 0 Å². The van der Waals surface area contributed by atoms with Crippen molar-refractivity contribution in [3.05, 3.63) is 53.9 Å². The Hall–Kier alpha value is -2.70. The van der Waals surface area contributed by atoms with Crippen molar-refractivity contribution in [3.8, 4) is 0 Å². The summed E-state index contributed by atoms with van der Waals surface area (Å²) in [6.45, 7) is 6.03. The van der Waals surface area contributed by atoms with Crippen molar-refractivity contribution in [2.24, 2.45) is 5.41 Å². The molecule has 0 radical (unpaired) electrons. The van der Waals surface area contributed by atoms with Gasteiger partial charge < -0.3 is 9.80 Å². The van der Waals surface area contributed by atoms with Crippen molar-refractivity contribution in [1.82, 2.24) is 19.6 Å². The largest absolute Gasteiger partial charge is 0.338 e. The average molecular weight is 439 g/mol. The first-order chi connectivity index (χ1) is 15.3. The fraction of sp³-hybridized carbons (Fsp3) is 0.560. The minimum atomic E-state index is -1.73. The molecule has 1 spiro atoms. The number of alkyl halides is 1. The van der Waals surface area contributed by atoms with E-state index in [1.807, 2.05) is 46.0 Å². The topological polar surface area (TPSA) is 58.4 Å². The molecule has 3 heterocycles. The molecule has 2 aromatic rings. The van der Waals surface area contributed by atoms with Crippen LogP contribution in [0.1, 0.15) is 62.7 Å². The molecule has 1 aliphatic carbocycles. The van der Waals surface area contributed by atoms with Gasteiger partial charge in [-0.3, -0.25) is 14.3 Å². The Balaban J connectivity index is 1.51. The monoisotopic (exact) mass is 438 g/mol. The number of hydrogen-bond donors (Lipinski definition) is 0. The van der Waals surface area contributed by atoms with Crippen LogP contribution in [0.4, 0.5) is 4.39 Å². The van der Waals surface area contributed by atoms with Crippen LogP contribution >= 0.6 is 0 Å². The normalized spacial score (nSPS) is 26.9. The Morgan fingerprint density at radius 1 is 1.19 bits per heavy atom. The Kier molecular flexibility index (Phi) is 5.10. The number of aromatic nitrogens is 2. The van der Waals surface area contributed by atoms with E-state index in [4.69, 9.17) is 0 Å². The quantitative estimate of drug-likeness (QED) is 0.715. The number of amides is 2. The smallest absolute Gasteiger partial charge is 0.260 e. The summed E-state index contributed by atoms with van der Waals surface area (Å²) in [7, 11) is 0. The Morgan fingerprint density at radius 2 is 1.94 bits per heavy atom. The van der Waals surface area contributed by atoms with E-state index < -0.39 is 17.0 Å². The van der Waals surface area contributed by atoms with Crippen LogP contribution in [-0.2, 0) is 16.1 Å². The highest BCUT2D eigenvalue weighted by molar-refractivity contribution is 5.91. The third kappa shape index (κ3) is 3.42. The maximum absolute atomic E-state index is 14.7. The molecule has 2 amide bonds. The number of likely N-dealkylation sites (tertiary alicyclic amines) is 2. The van der Waals surface area contributed by atoms with Gasteiger partial charge in [0.05, 0.1) is 5.41 Å². The number of carbonyl (C=O) groups excluding carboxylic acids is 2. The molecule has 170 valence electrons. The molecule has 2 saturated heterocycles. The van der Waals surface area contributed by atoms with Crippen molar-refractivity contribution < 1.29 is 14.0 Å². The number of carbonyl (C=O) groups is 2. The van der Waals surface area contributed by atoms with E-state index in [0.29, 0.717) is 26.1 Å². The van der Waals surface area contributed by atoms with Crippen molar-refractivity contribution in [3.63, 3.8) is 0 Å². The van der Waals surface area contributed by atoms with E-state index >= 15 is 0 Å². The summed E-state index contributed by atoms with van der Waals surface area (Å²) in [5, 5.41) is 4.50. The van der Waals surface area contributed by atoms with Gasteiger partial charge in [-0.15, -0.1) is 0 Å². The molecule has 3 aliphatic rings. The summed E-state index contributed by atoms with van der Waals surface area (Å²) in [5.41, 5.74) is -0.404. The lowest BCUT2D eigenvalue weighted by atomic mass is 9.70. The van der Waals surface area contributed by atoms with Crippen molar-refractivity contribution in [2.75, 3.05) is 19.6 Å². The van der Waals surface area contributed by atoms with Crippen LogP contribution in [0.2, 0.25) is 0 Å². The first kappa shape index (κ1) is 21.2. The summed E-state index contributed by atoms with van der Waals surface area (Å²) >= 11 is 0. The molecule has 1 aromatic carbocycles. The number of piperidine rings is 1. The maximum atomic E-state index is 14.7. The first-order valence-electron chi connectivity index (χ1n) is 11.7. The number of nitrogens with zero attached hydrogens (tertiary/aromatic N) is 4. The van der Waals surface area contributed by atoms with Crippen molar-refractivity contribution in [2.45, 2.75) is 63.7 Å². The predicted molar refractivity (Wildman–Crippen MR) is 119 cm³/mol. The van der Waals surface area contributed by atoms with Crippen LogP contribution in [-0.4, -0.2) is 56.7 Å². The third-order valence-corrected chi connectivity index (χ3v) is 7.43. The fourth-order valence-electron chi connectivity index (χ4n) is 5.61. The Labute approximate surface area is 188 Å². The van der Waals surface area contributed by atoms with E-state index in [9.17, 15) is 14.0 Å². The third-order valence-electron chi connectivity index (χ3n) is 7.43. The van der Waals surface area contributed by atoms with E-state index in [2.05, 4.69) is 18.9 Å². The van der Waals surface area contributed by atoms with Crippen molar-refractivity contribution >= 4 is 11.8 Å². The van der Waals surface area contributed by atoms with Crippen LogP contribution in [0, 0.1) is 5.41 Å². The summed E-state index contributed by atoms with van der Waals surface area (Å²) < 4.78 is 16.7. The lowest BCUT2D eigenvalue weighted by molar-refractivity contribution is -0.148. The molecule has 0 bridgehead atoms. The van der Waals surface area contributed by atoms with Gasteiger partial charge >= 0.3 is 0 Å². The highest BCUT2D eigenvalue weighted by atomic mass is 19.1. The second-order valence-electron chi connectivity index (χ2n) is 9.97. The van der Waals surface area contributed by atoms with Gasteiger partial charge in [0.2, 0.25) is 5.91 Å². The van der Waals surface area contributed by atoms with E-state index in [1.165, 1.54) is 0 Å². The molecule has 6 nitrogen and oxygen atoms in total. The van der Waals surface area contributed by atoms with Crippen LogP contribution in [0.3, 0.4) is 0 Å². The summed E-state index contributed by atoms with van der Waals surface area (Å²) in [6, 6.07) is 12.1. The second kappa shape index (κ2) is 7.71. The lowest BCUT2D eigenvalue weighted by Gasteiger charge is -2.42. The molecule has 7 heteroatoms. The van der Waals surface area contributed by atoms with Gasteiger partial charge in [0.25, 0.3) is 5.91 Å². The molecule has 2 atom stereocenters. The minimum absolute atomic E-state index is 0.0770. The number of benzene rings is 1. The molecule has 3 fully saturated rings. The number of halogens is 1. The van der Waals surface area contributed by atoms with Gasteiger partial charge in [0.1, 0.15) is 0 Å². The Morgan fingerprint density at radius 3 is 2.62 bits per heavy atom. The molecule has 1 aromatic heterocycles. The highest BCUT2D eigenvalue weighted by Crippen LogP contribution is 2.52. The van der Waals surface area contributed by atoms with Gasteiger partial charge in [0, 0.05) is 50.0 Å². The SMILES string of the molecule is CC(C)n1nccc1[C@H]1CN(C(=O)C2(F)CC2)C[C@@]12CCCN(Cc1ccccc1)C2=O. The summed E-state index contributed by atoms with van der Waals surface area (Å²) in [5.74, 6) is -0.555. The zero-order valence-electron chi connectivity index (χ0n) is 18.8. The standard InChI is InChI=1S/C25H31FN4O2/c1-18(2)30-21(9-13-27-30)20-16-29(23(32)25(26)11-12-25)17-24(20)10-6-14-28(22(24)31)15-19-7-4-3-5-8-19/h3-5,7-9,13,18,20H,6,10-12,14-17H2,1-2H3/t20-,24+/m1/s1. The molecule has 5 rings (SSSR count). The molecule has 2 aliphatic heterocycles. The molecule has 0 unspecified atom stereocenters. The van der Waals surface area contributed by atoms with E-state index in [1.54, 1.807) is 11.1 Å². The second-order valence-corrected chi connectivity index (χ2v) is 9.97. The average Bonchev–Trinajstić information content (AvgIpc) is 3.20. The van der Waals surface area contributed by atoms with Gasteiger partial charge in [0.15, 0.2) is 5.67 Å². The van der Waals surface area contributed by atoms with Crippen LogP contribution in [0.15, 0.2) is 42.6 Å². The number of rotatable bonds is 5. The molecule has 1 saturated carbocycles. The predicted octanol–water partition coefficient (Wildman–Crippen LogP) is 3.70. The molecule has 32 heavy (non-hydrogen) atoms. The Bertz CT molecular complexity index is 1020. The zero-order valence-corrected chi connectivity index (χ0v) is 18.8. The maximum Gasteiger partial charge on any atom is 0.260 e. The minimum Gasteiger partial charge on any atom is -0.338 e. The lowest BCUT2D eigenvalue weighted by Crippen LogP contribution is -2.52. The van der Waals surface area contributed by atoms with Gasteiger partial charge in [-0.1, -0.05) is 30.3 Å². The van der Waals surface area contributed by atoms with E-state index in [0.717, 1.165) is 17.7 Å². The van der Waals surface area contributed by atoms with Crippen LogP contribution < -0.4 is 0 Å². The first-order valence-corrected chi connectivity index (χ1v) is 11.7. The van der Waals surface area contributed by atoms with Gasteiger partial charge in [-0.2, -0.15) is 5.10 Å². The molecular weight excluding hydrogens is 407 g/mol. The molecular formula is C25H31FN4O2. The fourth-order valence-corrected chi connectivity index (χ4v) is 5.61. The highest BCUT2D eigenvalue weighted by Gasteiger charge is 2.61. The van der Waals surface area contributed by atoms with Gasteiger partial charge in [-0.25, -0.2) is 4.39 Å². The zero-order chi connectivity index (χ0) is 22.5. The van der Waals surface area contributed by atoms with E-state index in [-0.39, 0.29) is 37.3 Å². The summed E-state index contributed by atoms with van der Waals surface area (Å²) in [4.78, 5) is 30.6. The number of hydrogen-bond acceptors (Lipinski definition) is 3.